The lowest BCUT2D eigenvalue weighted by Crippen LogP contribution is -2.28. The Kier molecular flexibility index (Phi) is 4.00. The van der Waals surface area contributed by atoms with Gasteiger partial charge in [0.05, 0.1) is 27.7 Å². The van der Waals surface area contributed by atoms with Crippen molar-refractivity contribution in [3.63, 3.8) is 0 Å². The smallest absolute Gasteiger partial charge is 0.323 e. The molecule has 1 fully saturated rings. The van der Waals surface area contributed by atoms with Crippen molar-refractivity contribution in [1.29, 1.82) is 0 Å². The molecule has 1 aliphatic heterocycles. The van der Waals surface area contributed by atoms with E-state index in [1.807, 2.05) is 0 Å². The maximum absolute atomic E-state index is 12.6. The molecule has 0 unspecified atom stereocenters. The summed E-state index contributed by atoms with van der Waals surface area (Å²) in [5, 5.41) is 3.28. The first-order valence-electron chi connectivity index (χ1n) is 8.09. The van der Waals surface area contributed by atoms with E-state index in [0.717, 1.165) is 0 Å². The van der Waals surface area contributed by atoms with Gasteiger partial charge in [0.25, 0.3) is 0 Å². The highest BCUT2D eigenvalue weighted by molar-refractivity contribution is 6.33. The topological polar surface area (TPSA) is 98.1 Å². The minimum atomic E-state index is -0.472. The molecule has 1 atom stereocenters. The van der Waals surface area contributed by atoms with Crippen LogP contribution < -0.4 is 15.9 Å². The number of rotatable bonds is 3. The van der Waals surface area contributed by atoms with Gasteiger partial charge in [-0.3, -0.25) is 9.59 Å². The Morgan fingerprint density at radius 2 is 1.88 bits per heavy atom. The summed E-state index contributed by atoms with van der Waals surface area (Å²) in [6, 6.07) is 12.1. The van der Waals surface area contributed by atoms with Crippen molar-refractivity contribution in [1.82, 2.24) is 9.97 Å². The number of H-pyrrole nitrogens is 2. The molecule has 8 heteroatoms. The van der Waals surface area contributed by atoms with Crippen LogP contribution in [0, 0.1) is 5.92 Å². The molecule has 1 aliphatic rings. The van der Waals surface area contributed by atoms with Gasteiger partial charge >= 0.3 is 5.69 Å². The van der Waals surface area contributed by atoms with E-state index in [1.54, 1.807) is 47.4 Å². The van der Waals surface area contributed by atoms with E-state index in [-0.39, 0.29) is 30.5 Å². The van der Waals surface area contributed by atoms with E-state index in [9.17, 15) is 14.4 Å². The van der Waals surface area contributed by atoms with Crippen LogP contribution in [0.1, 0.15) is 6.42 Å². The van der Waals surface area contributed by atoms with Crippen LogP contribution in [0.5, 0.6) is 0 Å². The molecular weight excluding hydrogens is 356 g/mol. The summed E-state index contributed by atoms with van der Waals surface area (Å²) >= 11 is 6.16. The Bertz CT molecular complexity index is 1070. The molecule has 2 heterocycles. The summed E-state index contributed by atoms with van der Waals surface area (Å²) in [4.78, 5) is 43.0. The number of fused-ring (bicyclic) bond motifs is 1. The van der Waals surface area contributed by atoms with E-state index < -0.39 is 5.92 Å². The standard InChI is InChI=1S/C18H15ClN4O3/c19-12-3-1-2-4-15(12)23-9-10(7-16(23)24)17(25)20-11-5-6-13-14(8-11)22-18(26)21-13/h1-6,8,10H,7,9H2,(H,20,25)(H2,21,22,26)/t10-/m0/s1. The maximum Gasteiger partial charge on any atom is 0.323 e. The Balaban J connectivity index is 1.50. The first-order chi connectivity index (χ1) is 12.5. The molecule has 0 spiro atoms. The van der Waals surface area contributed by atoms with Gasteiger partial charge in [-0.05, 0) is 30.3 Å². The summed E-state index contributed by atoms with van der Waals surface area (Å²) in [7, 11) is 0. The summed E-state index contributed by atoms with van der Waals surface area (Å²) < 4.78 is 0. The lowest BCUT2D eigenvalue weighted by Gasteiger charge is -2.18. The largest absolute Gasteiger partial charge is 0.326 e. The van der Waals surface area contributed by atoms with Gasteiger partial charge in [0.2, 0.25) is 11.8 Å². The molecule has 0 radical (unpaired) electrons. The third-order valence-electron chi connectivity index (χ3n) is 4.42. The van der Waals surface area contributed by atoms with Gasteiger partial charge in [-0.15, -0.1) is 0 Å². The zero-order chi connectivity index (χ0) is 18.3. The molecule has 7 nitrogen and oxygen atoms in total. The number of nitrogens with zero attached hydrogens (tertiary/aromatic N) is 1. The molecule has 26 heavy (non-hydrogen) atoms. The summed E-state index contributed by atoms with van der Waals surface area (Å²) in [6.45, 7) is 0.275. The number of hydrogen-bond donors (Lipinski definition) is 3. The molecular formula is C18H15ClN4O3. The molecule has 132 valence electrons. The van der Waals surface area contributed by atoms with Crippen LogP contribution in [0.3, 0.4) is 0 Å². The molecule has 3 N–H and O–H groups in total. The lowest BCUT2D eigenvalue weighted by molar-refractivity contribution is -0.122. The number of carbonyl (C=O) groups excluding carboxylic acids is 2. The number of aromatic amines is 2. The monoisotopic (exact) mass is 370 g/mol. The molecule has 3 aromatic rings. The van der Waals surface area contributed by atoms with Gasteiger partial charge in [0.1, 0.15) is 0 Å². The second-order valence-electron chi connectivity index (χ2n) is 6.19. The van der Waals surface area contributed by atoms with Crippen molar-refractivity contribution in [3.8, 4) is 0 Å². The van der Waals surface area contributed by atoms with Gasteiger partial charge in [0.15, 0.2) is 0 Å². The molecule has 0 saturated carbocycles. The van der Waals surface area contributed by atoms with Crippen molar-refractivity contribution < 1.29 is 9.59 Å². The van der Waals surface area contributed by atoms with Gasteiger partial charge in [-0.25, -0.2) is 4.79 Å². The average Bonchev–Trinajstić information content (AvgIpc) is 3.17. The number of amides is 2. The Morgan fingerprint density at radius 1 is 1.12 bits per heavy atom. The first kappa shape index (κ1) is 16.4. The maximum atomic E-state index is 12.6. The summed E-state index contributed by atoms with van der Waals surface area (Å²) in [5.74, 6) is -0.853. The Morgan fingerprint density at radius 3 is 2.69 bits per heavy atom. The normalized spacial score (nSPS) is 17.0. The summed E-state index contributed by atoms with van der Waals surface area (Å²) in [5.41, 5.74) is 2.13. The molecule has 2 aromatic carbocycles. The van der Waals surface area contributed by atoms with Crippen LogP contribution >= 0.6 is 11.6 Å². The van der Waals surface area contributed by atoms with Gasteiger partial charge in [-0.2, -0.15) is 0 Å². The van der Waals surface area contributed by atoms with E-state index in [1.165, 1.54) is 0 Å². The van der Waals surface area contributed by atoms with E-state index in [0.29, 0.717) is 27.4 Å². The zero-order valence-electron chi connectivity index (χ0n) is 13.6. The number of aromatic nitrogens is 2. The molecule has 1 saturated heterocycles. The van der Waals surface area contributed by atoms with Gasteiger partial charge in [0, 0.05) is 18.7 Å². The van der Waals surface area contributed by atoms with Crippen LogP contribution in [-0.2, 0) is 9.59 Å². The highest BCUT2D eigenvalue weighted by Crippen LogP contribution is 2.31. The van der Waals surface area contributed by atoms with Gasteiger partial charge in [-0.1, -0.05) is 23.7 Å². The Hall–Kier alpha value is -3.06. The molecule has 1 aromatic heterocycles. The number of nitrogens with one attached hydrogen (secondary N) is 3. The quantitative estimate of drug-likeness (QED) is 0.660. The first-order valence-corrected chi connectivity index (χ1v) is 8.47. The number of imidazole rings is 1. The van der Waals surface area contributed by atoms with Crippen molar-refractivity contribution in [2.45, 2.75) is 6.42 Å². The van der Waals surface area contributed by atoms with Gasteiger partial charge < -0.3 is 20.2 Å². The fourth-order valence-electron chi connectivity index (χ4n) is 3.14. The molecule has 0 aliphatic carbocycles. The highest BCUT2D eigenvalue weighted by atomic mass is 35.5. The van der Waals surface area contributed by atoms with Crippen LogP contribution in [0.4, 0.5) is 11.4 Å². The number of para-hydroxylation sites is 1. The average molecular weight is 371 g/mol. The minimum absolute atomic E-state index is 0.125. The van der Waals surface area contributed by atoms with E-state index >= 15 is 0 Å². The van der Waals surface area contributed by atoms with Crippen molar-refractivity contribution in [2.75, 3.05) is 16.8 Å². The summed E-state index contributed by atoms with van der Waals surface area (Å²) in [6.07, 6.45) is 0.125. The number of halogens is 1. The number of benzene rings is 2. The number of anilines is 2. The van der Waals surface area contributed by atoms with Crippen molar-refractivity contribution in [3.05, 3.63) is 58.0 Å². The predicted molar refractivity (Wildman–Crippen MR) is 99.5 cm³/mol. The third kappa shape index (κ3) is 2.97. The van der Waals surface area contributed by atoms with Crippen LogP contribution in [-0.4, -0.2) is 28.3 Å². The molecule has 2 amide bonds. The van der Waals surface area contributed by atoms with Crippen LogP contribution in [0.15, 0.2) is 47.3 Å². The van der Waals surface area contributed by atoms with Crippen LogP contribution in [0.2, 0.25) is 5.02 Å². The minimum Gasteiger partial charge on any atom is -0.326 e. The van der Waals surface area contributed by atoms with E-state index in [4.69, 9.17) is 11.6 Å². The second-order valence-corrected chi connectivity index (χ2v) is 6.59. The fraction of sp³-hybridized carbons (Fsp3) is 0.167. The number of carbonyl (C=O) groups is 2. The van der Waals surface area contributed by atoms with Crippen LogP contribution in [0.25, 0.3) is 11.0 Å². The Labute approximate surface area is 153 Å². The lowest BCUT2D eigenvalue weighted by atomic mass is 10.1. The fourth-order valence-corrected chi connectivity index (χ4v) is 3.38. The predicted octanol–water partition coefficient (Wildman–Crippen LogP) is 2.50. The zero-order valence-corrected chi connectivity index (χ0v) is 14.3. The second kappa shape index (κ2) is 6.34. The SMILES string of the molecule is O=C(Nc1ccc2[nH]c(=O)[nH]c2c1)[C@H]1CC(=O)N(c2ccccc2Cl)C1. The number of hydrogen-bond acceptors (Lipinski definition) is 3. The van der Waals surface area contributed by atoms with Crippen molar-refractivity contribution >= 4 is 45.8 Å². The third-order valence-corrected chi connectivity index (χ3v) is 4.74. The molecule has 0 bridgehead atoms. The van der Waals surface area contributed by atoms with Crippen molar-refractivity contribution in [2.24, 2.45) is 5.92 Å². The molecule has 4 rings (SSSR count). The van der Waals surface area contributed by atoms with E-state index in [2.05, 4.69) is 15.3 Å². The highest BCUT2D eigenvalue weighted by Gasteiger charge is 2.35.